The van der Waals surface area contributed by atoms with E-state index in [-0.39, 0.29) is 19.1 Å². The molecule has 0 spiro atoms. The van der Waals surface area contributed by atoms with E-state index in [2.05, 4.69) is 6.92 Å². The van der Waals surface area contributed by atoms with E-state index in [1.807, 2.05) is 6.92 Å². The van der Waals surface area contributed by atoms with Crippen LogP contribution in [0.4, 0.5) is 0 Å². The Bertz CT molecular complexity index is 104. The molecule has 0 aromatic carbocycles. The zero-order valence-electron chi connectivity index (χ0n) is 9.00. The summed E-state index contributed by atoms with van der Waals surface area (Å²) < 4.78 is 0. The first-order valence-electron chi connectivity index (χ1n) is 5.47. The van der Waals surface area contributed by atoms with E-state index in [9.17, 15) is 0 Å². The highest BCUT2D eigenvalue weighted by molar-refractivity contribution is 4.64. The van der Waals surface area contributed by atoms with Gasteiger partial charge in [0.2, 0.25) is 0 Å². The van der Waals surface area contributed by atoms with E-state index in [1.54, 1.807) is 0 Å². The summed E-state index contributed by atoms with van der Waals surface area (Å²) in [5, 5.41) is 18.0. The van der Waals surface area contributed by atoms with Gasteiger partial charge in [0.05, 0.1) is 0 Å². The van der Waals surface area contributed by atoms with Crippen molar-refractivity contribution in [1.29, 1.82) is 0 Å². The van der Waals surface area contributed by atoms with Crippen LogP contribution in [0.25, 0.3) is 0 Å². The maximum atomic E-state index is 9.07. The van der Waals surface area contributed by atoms with Crippen LogP contribution in [0.15, 0.2) is 0 Å². The summed E-state index contributed by atoms with van der Waals surface area (Å²) in [5.74, 6) is 0.536. The van der Waals surface area contributed by atoms with Crippen LogP contribution < -0.4 is 0 Å². The summed E-state index contributed by atoms with van der Waals surface area (Å²) in [4.78, 5) is 0. The van der Waals surface area contributed by atoms with Crippen LogP contribution in [-0.2, 0) is 0 Å². The lowest BCUT2D eigenvalue weighted by atomic mass is 9.90. The molecule has 0 aliphatic carbocycles. The van der Waals surface area contributed by atoms with Gasteiger partial charge in [0.25, 0.3) is 0 Å². The number of unbranched alkanes of at least 4 members (excludes halogenated alkanes) is 3. The fourth-order valence-electron chi connectivity index (χ4n) is 1.54. The van der Waals surface area contributed by atoms with Crippen molar-refractivity contribution < 1.29 is 10.2 Å². The quantitative estimate of drug-likeness (QED) is 0.573. The third kappa shape index (κ3) is 6.05. The molecule has 2 nitrogen and oxygen atoms in total. The zero-order chi connectivity index (χ0) is 10.1. The van der Waals surface area contributed by atoms with E-state index in [0.29, 0.717) is 5.92 Å². The topological polar surface area (TPSA) is 40.5 Å². The van der Waals surface area contributed by atoms with Crippen LogP contribution >= 0.6 is 0 Å². The maximum absolute atomic E-state index is 9.07. The minimum absolute atomic E-state index is 0.193. The van der Waals surface area contributed by atoms with Crippen molar-refractivity contribution in [3.05, 3.63) is 0 Å². The molecule has 2 atom stereocenters. The molecule has 13 heavy (non-hydrogen) atoms. The molecular formula is C11H24O2. The average Bonchev–Trinajstić information content (AvgIpc) is 2.17. The fraction of sp³-hybridized carbons (Fsp3) is 1.00. The van der Waals surface area contributed by atoms with Gasteiger partial charge in [-0.25, -0.2) is 0 Å². The predicted octanol–water partition coefficient (Wildman–Crippen LogP) is 2.19. The summed E-state index contributed by atoms with van der Waals surface area (Å²) in [6.07, 6.45) is 6.03. The van der Waals surface area contributed by atoms with Crippen molar-refractivity contribution in [2.45, 2.75) is 46.0 Å². The van der Waals surface area contributed by atoms with Crippen molar-refractivity contribution >= 4 is 0 Å². The number of rotatable bonds is 8. The molecule has 0 aromatic rings. The van der Waals surface area contributed by atoms with Crippen LogP contribution in [0, 0.1) is 11.8 Å². The minimum Gasteiger partial charge on any atom is -0.396 e. The number of aliphatic hydroxyl groups is 2. The van der Waals surface area contributed by atoms with Gasteiger partial charge in [-0.2, -0.15) is 0 Å². The molecular weight excluding hydrogens is 164 g/mol. The van der Waals surface area contributed by atoms with Gasteiger partial charge in [0, 0.05) is 13.2 Å². The molecule has 2 heteroatoms. The lowest BCUT2D eigenvalue weighted by molar-refractivity contribution is 0.122. The third-order valence-corrected chi connectivity index (χ3v) is 2.76. The highest BCUT2D eigenvalue weighted by Crippen LogP contribution is 2.18. The summed E-state index contributed by atoms with van der Waals surface area (Å²) in [7, 11) is 0. The highest BCUT2D eigenvalue weighted by Gasteiger charge is 2.14. The summed E-state index contributed by atoms with van der Waals surface area (Å²) in [5.41, 5.74) is 0. The molecule has 0 heterocycles. The van der Waals surface area contributed by atoms with Gasteiger partial charge in [-0.1, -0.05) is 39.5 Å². The van der Waals surface area contributed by atoms with Gasteiger partial charge in [0.1, 0.15) is 0 Å². The second-order valence-electron chi connectivity index (χ2n) is 3.95. The molecule has 0 aliphatic heterocycles. The van der Waals surface area contributed by atoms with Crippen LogP contribution in [0.5, 0.6) is 0 Å². The predicted molar refractivity (Wildman–Crippen MR) is 55.6 cm³/mol. The molecule has 80 valence electrons. The van der Waals surface area contributed by atoms with Crippen molar-refractivity contribution in [1.82, 2.24) is 0 Å². The molecule has 0 aliphatic rings. The Morgan fingerprint density at radius 2 is 1.69 bits per heavy atom. The Hall–Kier alpha value is -0.0800. The molecule has 0 fully saturated rings. The molecule has 0 radical (unpaired) electrons. The van der Waals surface area contributed by atoms with Crippen LogP contribution in [0.3, 0.4) is 0 Å². The lowest BCUT2D eigenvalue weighted by Crippen LogP contribution is -2.19. The fourth-order valence-corrected chi connectivity index (χ4v) is 1.54. The molecule has 0 bridgehead atoms. The first-order valence-corrected chi connectivity index (χ1v) is 5.47. The second kappa shape index (κ2) is 8.52. The normalized spacial score (nSPS) is 15.7. The van der Waals surface area contributed by atoms with Crippen molar-refractivity contribution in [2.75, 3.05) is 13.2 Å². The Kier molecular flexibility index (Phi) is 8.46. The minimum atomic E-state index is 0.193. The number of hydrogen-bond acceptors (Lipinski definition) is 2. The number of hydrogen-bond donors (Lipinski definition) is 2. The first kappa shape index (κ1) is 12.9. The van der Waals surface area contributed by atoms with E-state index in [0.717, 1.165) is 6.42 Å². The SMILES string of the molecule is CCCCCCC(CO)C(C)CO. The van der Waals surface area contributed by atoms with E-state index in [1.165, 1.54) is 25.7 Å². The Morgan fingerprint density at radius 1 is 1.00 bits per heavy atom. The molecule has 0 aromatic heterocycles. The van der Waals surface area contributed by atoms with Crippen LogP contribution in [0.2, 0.25) is 0 Å². The average molecular weight is 188 g/mol. The Labute approximate surface area is 82.0 Å². The van der Waals surface area contributed by atoms with Gasteiger partial charge in [-0.05, 0) is 18.3 Å². The summed E-state index contributed by atoms with van der Waals surface area (Å²) in [6, 6.07) is 0. The standard InChI is InChI=1S/C11H24O2/c1-3-4-5-6-7-11(9-13)10(2)8-12/h10-13H,3-9H2,1-2H3. The molecule has 0 amide bonds. The van der Waals surface area contributed by atoms with E-state index in [4.69, 9.17) is 10.2 Å². The Morgan fingerprint density at radius 3 is 2.15 bits per heavy atom. The van der Waals surface area contributed by atoms with Gasteiger partial charge in [-0.3, -0.25) is 0 Å². The first-order chi connectivity index (χ1) is 6.26. The zero-order valence-corrected chi connectivity index (χ0v) is 9.00. The lowest BCUT2D eigenvalue weighted by Gasteiger charge is -2.19. The molecule has 2 N–H and O–H groups in total. The van der Waals surface area contributed by atoms with Gasteiger partial charge in [-0.15, -0.1) is 0 Å². The smallest absolute Gasteiger partial charge is 0.0462 e. The molecule has 2 unspecified atom stereocenters. The van der Waals surface area contributed by atoms with Crippen molar-refractivity contribution in [3.8, 4) is 0 Å². The van der Waals surface area contributed by atoms with Gasteiger partial charge in [0.15, 0.2) is 0 Å². The van der Waals surface area contributed by atoms with Crippen molar-refractivity contribution in [2.24, 2.45) is 11.8 Å². The van der Waals surface area contributed by atoms with Gasteiger partial charge >= 0.3 is 0 Å². The molecule has 0 saturated heterocycles. The van der Waals surface area contributed by atoms with Crippen molar-refractivity contribution in [3.63, 3.8) is 0 Å². The van der Waals surface area contributed by atoms with E-state index >= 15 is 0 Å². The van der Waals surface area contributed by atoms with Crippen LogP contribution in [-0.4, -0.2) is 23.4 Å². The monoisotopic (exact) mass is 188 g/mol. The maximum Gasteiger partial charge on any atom is 0.0462 e. The molecule has 0 rings (SSSR count). The highest BCUT2D eigenvalue weighted by atomic mass is 16.3. The van der Waals surface area contributed by atoms with Gasteiger partial charge < -0.3 is 10.2 Å². The molecule has 0 saturated carbocycles. The largest absolute Gasteiger partial charge is 0.396 e. The summed E-state index contributed by atoms with van der Waals surface area (Å²) in [6.45, 7) is 4.60. The number of aliphatic hydroxyl groups excluding tert-OH is 2. The third-order valence-electron chi connectivity index (χ3n) is 2.76. The van der Waals surface area contributed by atoms with E-state index < -0.39 is 0 Å². The second-order valence-corrected chi connectivity index (χ2v) is 3.95. The Balaban J connectivity index is 3.47. The van der Waals surface area contributed by atoms with Crippen LogP contribution in [0.1, 0.15) is 46.0 Å². The summed E-state index contributed by atoms with van der Waals surface area (Å²) >= 11 is 0.